The van der Waals surface area contributed by atoms with E-state index in [9.17, 15) is 39.6 Å². The van der Waals surface area contributed by atoms with E-state index >= 15 is 0 Å². The molecule has 0 amide bonds. The molecule has 0 saturated heterocycles. The van der Waals surface area contributed by atoms with Gasteiger partial charge in [0.05, 0.1) is 6.42 Å². The normalized spacial score (nSPS) is 14.6. The van der Waals surface area contributed by atoms with Crippen molar-refractivity contribution in [1.82, 2.24) is 0 Å². The number of hydrogen-bond acceptors (Lipinski definition) is 5. The van der Waals surface area contributed by atoms with E-state index < -0.39 is 47.5 Å². The molecule has 0 aromatic heterocycles. The van der Waals surface area contributed by atoms with E-state index in [4.69, 9.17) is 0 Å². The van der Waals surface area contributed by atoms with Gasteiger partial charge in [0.2, 0.25) is 0 Å². The second-order valence-electron chi connectivity index (χ2n) is 10.5. The maximum Gasteiger partial charge on any atom is 0.338 e. The van der Waals surface area contributed by atoms with E-state index in [2.05, 4.69) is 6.92 Å². The zero-order valence-electron chi connectivity index (χ0n) is 23.3. The summed E-state index contributed by atoms with van der Waals surface area (Å²) in [7, 11) is 0. The van der Waals surface area contributed by atoms with Crippen molar-refractivity contribution in [2.75, 3.05) is 0 Å². The molecular formula is C29H52O8. The van der Waals surface area contributed by atoms with Crippen molar-refractivity contribution in [3.8, 4) is 0 Å². The Morgan fingerprint density at radius 3 is 1.27 bits per heavy atom. The molecule has 0 aliphatic rings. The summed E-state index contributed by atoms with van der Waals surface area (Å²) in [5.74, 6) is -6.33. The molecule has 0 spiro atoms. The zero-order valence-corrected chi connectivity index (χ0v) is 23.3. The van der Waals surface area contributed by atoms with E-state index in [0.717, 1.165) is 44.9 Å². The first-order valence-electron chi connectivity index (χ1n) is 14.5. The number of aliphatic carboxylic acids is 3. The van der Waals surface area contributed by atoms with Crippen molar-refractivity contribution in [1.29, 1.82) is 0 Å². The average Bonchev–Trinajstić information content (AvgIpc) is 2.83. The van der Waals surface area contributed by atoms with E-state index in [1.165, 1.54) is 44.9 Å². The maximum atomic E-state index is 13.2. The first-order chi connectivity index (χ1) is 17.6. The van der Waals surface area contributed by atoms with E-state index in [1.807, 2.05) is 6.92 Å². The molecule has 0 heterocycles. The molecule has 216 valence electrons. The Kier molecular flexibility index (Phi) is 19.0. The van der Waals surface area contributed by atoms with Gasteiger partial charge in [0.15, 0.2) is 16.8 Å². The highest BCUT2D eigenvalue weighted by molar-refractivity contribution is 6.09. The van der Waals surface area contributed by atoms with Gasteiger partial charge in [-0.3, -0.25) is 14.4 Å². The number of ketones is 1. The lowest BCUT2D eigenvalue weighted by atomic mass is 9.63. The third-order valence-corrected chi connectivity index (χ3v) is 7.47. The number of unbranched alkanes of at least 4 members (excludes halogenated alkanes) is 16. The average molecular weight is 529 g/mol. The highest BCUT2D eigenvalue weighted by Gasteiger charge is 2.65. The Hall–Kier alpha value is -1.96. The minimum absolute atomic E-state index is 0.205. The second-order valence-corrected chi connectivity index (χ2v) is 10.5. The largest absolute Gasteiger partial charge is 0.481 e. The lowest BCUT2D eigenvalue weighted by molar-refractivity contribution is -0.196. The van der Waals surface area contributed by atoms with Crippen molar-refractivity contribution in [3.05, 3.63) is 0 Å². The summed E-state index contributed by atoms with van der Waals surface area (Å²) in [6.45, 7) is 4.24. The Bertz CT molecular complexity index is 677. The molecule has 0 aliphatic heterocycles. The van der Waals surface area contributed by atoms with Crippen molar-refractivity contribution in [2.45, 2.75) is 154 Å². The van der Waals surface area contributed by atoms with Crippen LogP contribution in [0.5, 0.6) is 0 Å². The number of carbonyl (C=O) groups is 4. The maximum absolute atomic E-state index is 13.2. The molecule has 2 unspecified atom stereocenters. The Morgan fingerprint density at radius 2 is 0.919 bits per heavy atom. The third-order valence-electron chi connectivity index (χ3n) is 7.47. The monoisotopic (exact) mass is 528 g/mol. The van der Waals surface area contributed by atoms with Crippen LogP contribution in [0, 0.1) is 5.41 Å². The molecule has 0 aromatic carbocycles. The smallest absolute Gasteiger partial charge is 0.338 e. The summed E-state index contributed by atoms with van der Waals surface area (Å²) >= 11 is 0. The Morgan fingerprint density at radius 1 is 0.541 bits per heavy atom. The first kappa shape index (κ1) is 35.0. The molecule has 0 bridgehead atoms. The van der Waals surface area contributed by atoms with Crippen LogP contribution in [0.15, 0.2) is 0 Å². The van der Waals surface area contributed by atoms with Gasteiger partial charge in [-0.2, -0.15) is 0 Å². The molecule has 2 atom stereocenters. The SMILES string of the molecule is CCCCCCCCCCCCCCCC(C(=O)O)(C(=O)CCCCCCC)C(O)(CC(=O)O)C(=O)O. The number of carboxylic acid groups (broad SMARTS) is 3. The van der Waals surface area contributed by atoms with Crippen LogP contribution < -0.4 is 0 Å². The molecule has 37 heavy (non-hydrogen) atoms. The van der Waals surface area contributed by atoms with E-state index in [0.29, 0.717) is 19.3 Å². The molecule has 0 rings (SSSR count). The highest BCUT2D eigenvalue weighted by atomic mass is 16.4. The van der Waals surface area contributed by atoms with Crippen molar-refractivity contribution in [3.63, 3.8) is 0 Å². The van der Waals surface area contributed by atoms with Gasteiger partial charge in [-0.25, -0.2) is 4.79 Å². The Balaban J connectivity index is 5.04. The summed E-state index contributed by atoms with van der Waals surface area (Å²) in [6.07, 6.45) is 15.5. The summed E-state index contributed by atoms with van der Waals surface area (Å²) in [6, 6.07) is 0. The molecule has 8 nitrogen and oxygen atoms in total. The van der Waals surface area contributed by atoms with E-state index in [1.54, 1.807) is 0 Å². The summed E-state index contributed by atoms with van der Waals surface area (Å²) in [5.41, 5.74) is -5.91. The predicted molar refractivity (Wildman–Crippen MR) is 144 cm³/mol. The van der Waals surface area contributed by atoms with Gasteiger partial charge < -0.3 is 20.4 Å². The number of carboxylic acids is 3. The number of Topliss-reactive ketones (excluding diaryl/α,β-unsaturated/α-hetero) is 1. The van der Waals surface area contributed by atoms with Crippen LogP contribution in [0.4, 0.5) is 0 Å². The molecule has 0 saturated carbocycles. The van der Waals surface area contributed by atoms with Gasteiger partial charge in [0.25, 0.3) is 0 Å². The minimum atomic E-state index is -3.22. The van der Waals surface area contributed by atoms with Crippen LogP contribution in [0.1, 0.15) is 149 Å². The molecule has 0 aromatic rings. The van der Waals surface area contributed by atoms with Crippen LogP contribution in [-0.2, 0) is 19.2 Å². The van der Waals surface area contributed by atoms with Crippen LogP contribution in [0.2, 0.25) is 0 Å². The van der Waals surface area contributed by atoms with Crippen LogP contribution in [0.25, 0.3) is 0 Å². The second kappa shape index (κ2) is 20.1. The summed E-state index contributed by atoms with van der Waals surface area (Å²) in [5, 5.41) is 40.0. The topological polar surface area (TPSA) is 149 Å². The molecule has 0 fully saturated rings. The van der Waals surface area contributed by atoms with Gasteiger partial charge in [-0.1, -0.05) is 123 Å². The summed E-state index contributed by atoms with van der Waals surface area (Å²) in [4.78, 5) is 49.1. The molecule has 8 heteroatoms. The predicted octanol–water partition coefficient (Wildman–Crippen LogP) is 6.76. The van der Waals surface area contributed by atoms with Crippen molar-refractivity contribution in [2.24, 2.45) is 5.41 Å². The van der Waals surface area contributed by atoms with Gasteiger partial charge in [-0.15, -0.1) is 0 Å². The highest BCUT2D eigenvalue weighted by Crippen LogP contribution is 2.43. The fourth-order valence-corrected chi connectivity index (χ4v) is 5.12. The van der Waals surface area contributed by atoms with Crippen LogP contribution in [0.3, 0.4) is 0 Å². The molecule has 0 aliphatic carbocycles. The molecule has 4 N–H and O–H groups in total. The molecular weight excluding hydrogens is 476 g/mol. The lowest BCUT2D eigenvalue weighted by Gasteiger charge is -2.39. The fourth-order valence-electron chi connectivity index (χ4n) is 5.12. The van der Waals surface area contributed by atoms with Gasteiger partial charge >= 0.3 is 17.9 Å². The Labute approximate surface area is 223 Å². The summed E-state index contributed by atoms with van der Waals surface area (Å²) < 4.78 is 0. The van der Waals surface area contributed by atoms with Crippen LogP contribution in [-0.4, -0.2) is 49.7 Å². The number of aliphatic hydroxyl groups is 1. The van der Waals surface area contributed by atoms with Crippen LogP contribution >= 0.6 is 0 Å². The van der Waals surface area contributed by atoms with Gasteiger partial charge in [-0.05, 0) is 12.8 Å². The van der Waals surface area contributed by atoms with Gasteiger partial charge in [0, 0.05) is 6.42 Å². The third kappa shape index (κ3) is 12.4. The lowest BCUT2D eigenvalue weighted by Crippen LogP contribution is -2.63. The quantitative estimate of drug-likeness (QED) is 0.0710. The fraction of sp³-hybridized carbons (Fsp3) is 0.862. The number of hydrogen-bond donors (Lipinski definition) is 4. The number of carbonyl (C=O) groups excluding carboxylic acids is 1. The van der Waals surface area contributed by atoms with Crippen molar-refractivity contribution >= 4 is 23.7 Å². The minimum Gasteiger partial charge on any atom is -0.481 e. The molecule has 0 radical (unpaired) electrons. The van der Waals surface area contributed by atoms with Crippen molar-refractivity contribution < 1.29 is 39.6 Å². The first-order valence-corrected chi connectivity index (χ1v) is 14.5. The van der Waals surface area contributed by atoms with E-state index in [-0.39, 0.29) is 12.8 Å². The van der Waals surface area contributed by atoms with Gasteiger partial charge in [0.1, 0.15) is 0 Å². The standard InChI is InChI=1S/C29H52O8/c1-3-5-7-9-10-11-12-13-14-15-16-18-20-22-28(26(33)34,24(30)21-19-17-8-6-4-2)29(37,27(35)36)23-25(31)32/h37H,3-23H2,1-2H3,(H,31,32)(H,33,34)(H,35,36). The number of rotatable bonds is 26. The zero-order chi connectivity index (χ0) is 28.2.